The Morgan fingerprint density at radius 3 is 2.61 bits per heavy atom. The number of aliphatic hydroxyl groups is 1. The van der Waals surface area contributed by atoms with E-state index < -0.39 is 6.10 Å². The molecule has 0 bridgehead atoms. The van der Waals surface area contributed by atoms with Crippen LogP contribution in [-0.4, -0.2) is 48.3 Å². The predicted molar refractivity (Wildman–Crippen MR) is 106 cm³/mol. The van der Waals surface area contributed by atoms with E-state index in [4.69, 9.17) is 18.9 Å². The first-order valence-electron chi connectivity index (χ1n) is 10.3. The predicted octanol–water partition coefficient (Wildman–Crippen LogP) is 3.63. The van der Waals surface area contributed by atoms with Gasteiger partial charge in [-0.25, -0.2) is 0 Å². The van der Waals surface area contributed by atoms with Crippen molar-refractivity contribution in [2.45, 2.75) is 76.2 Å². The summed E-state index contributed by atoms with van der Waals surface area (Å²) in [7, 11) is 1.66. The van der Waals surface area contributed by atoms with E-state index in [-0.39, 0.29) is 29.3 Å². The van der Waals surface area contributed by atoms with E-state index in [0.717, 1.165) is 30.6 Å². The van der Waals surface area contributed by atoms with Crippen LogP contribution in [0.4, 0.5) is 0 Å². The molecule has 3 aliphatic rings. The average Bonchev–Trinajstić information content (AvgIpc) is 3.58. The Morgan fingerprint density at radius 1 is 1.29 bits per heavy atom. The SMILES string of the molecule is COc1ccc(CO[C@@H]2CC[C@]3(CO3)[C@@H](C3(C)OC3CC=C(C)C)[C@@H]2O)cc1. The van der Waals surface area contributed by atoms with Gasteiger partial charge in [0.25, 0.3) is 0 Å². The summed E-state index contributed by atoms with van der Waals surface area (Å²) in [4.78, 5) is 0. The maximum absolute atomic E-state index is 11.2. The van der Waals surface area contributed by atoms with Gasteiger partial charge in [-0.1, -0.05) is 23.8 Å². The number of methoxy groups -OCH3 is 1. The molecule has 0 aromatic heterocycles. The van der Waals surface area contributed by atoms with E-state index in [0.29, 0.717) is 13.2 Å². The summed E-state index contributed by atoms with van der Waals surface area (Å²) in [5.41, 5.74) is 1.79. The van der Waals surface area contributed by atoms with Gasteiger partial charge in [-0.2, -0.15) is 0 Å². The number of hydrogen-bond donors (Lipinski definition) is 1. The lowest BCUT2D eigenvalue weighted by Gasteiger charge is -2.41. The van der Waals surface area contributed by atoms with E-state index in [1.165, 1.54) is 5.57 Å². The lowest BCUT2D eigenvalue weighted by Crippen LogP contribution is -2.54. The molecule has 28 heavy (non-hydrogen) atoms. The second kappa shape index (κ2) is 7.45. The van der Waals surface area contributed by atoms with Crippen LogP contribution in [0, 0.1) is 5.92 Å². The molecule has 154 valence electrons. The van der Waals surface area contributed by atoms with Crippen molar-refractivity contribution >= 4 is 0 Å². The third kappa shape index (κ3) is 3.73. The van der Waals surface area contributed by atoms with Gasteiger partial charge in [0.05, 0.1) is 50.2 Å². The Kier molecular flexibility index (Phi) is 5.29. The molecule has 1 aromatic rings. The van der Waals surface area contributed by atoms with Crippen LogP contribution < -0.4 is 4.74 Å². The summed E-state index contributed by atoms with van der Waals surface area (Å²) < 4.78 is 23.3. The van der Waals surface area contributed by atoms with Crippen molar-refractivity contribution < 1.29 is 24.1 Å². The zero-order valence-electron chi connectivity index (χ0n) is 17.3. The maximum Gasteiger partial charge on any atom is 0.118 e. The molecule has 5 nitrogen and oxygen atoms in total. The number of benzene rings is 1. The van der Waals surface area contributed by atoms with Gasteiger partial charge >= 0.3 is 0 Å². The standard InChI is InChI=1S/C23H32O5/c1-15(2)5-10-19-22(3,28-19)21-20(24)18(11-12-23(21)14-27-23)26-13-16-6-8-17(25-4)9-7-16/h5-9,18-21,24H,10-14H2,1-4H3/t18-,19?,20-,21-,22?,23+/m1/s1. The average molecular weight is 389 g/mol. The molecule has 5 heteroatoms. The first-order valence-corrected chi connectivity index (χ1v) is 10.3. The molecule has 1 aromatic carbocycles. The molecule has 2 aliphatic heterocycles. The van der Waals surface area contributed by atoms with Crippen molar-refractivity contribution in [1.29, 1.82) is 0 Å². The Morgan fingerprint density at radius 2 is 2.00 bits per heavy atom. The third-order valence-corrected chi connectivity index (χ3v) is 6.62. The highest BCUT2D eigenvalue weighted by molar-refractivity contribution is 5.27. The fourth-order valence-corrected chi connectivity index (χ4v) is 4.79. The van der Waals surface area contributed by atoms with Crippen molar-refractivity contribution in [1.82, 2.24) is 0 Å². The van der Waals surface area contributed by atoms with Gasteiger partial charge in [0.2, 0.25) is 0 Å². The highest BCUT2D eigenvalue weighted by atomic mass is 16.6. The number of epoxide rings is 2. The lowest BCUT2D eigenvalue weighted by molar-refractivity contribution is -0.128. The van der Waals surface area contributed by atoms with Gasteiger partial charge in [0.15, 0.2) is 0 Å². The molecule has 0 amide bonds. The number of allylic oxidation sites excluding steroid dienone is 1. The van der Waals surface area contributed by atoms with E-state index in [1.807, 2.05) is 24.3 Å². The molecule has 1 N–H and O–H groups in total. The van der Waals surface area contributed by atoms with Crippen LogP contribution in [0.5, 0.6) is 5.75 Å². The lowest BCUT2D eigenvalue weighted by atomic mass is 9.68. The molecule has 2 saturated heterocycles. The first kappa shape index (κ1) is 19.9. The molecular formula is C23H32O5. The second-order valence-corrected chi connectivity index (χ2v) is 8.87. The van der Waals surface area contributed by atoms with Crippen LogP contribution in [0.3, 0.4) is 0 Å². The molecule has 1 saturated carbocycles. The van der Waals surface area contributed by atoms with Crippen LogP contribution in [0.2, 0.25) is 0 Å². The fraction of sp³-hybridized carbons (Fsp3) is 0.652. The first-order chi connectivity index (χ1) is 13.4. The normalized spacial score (nSPS) is 38.9. The van der Waals surface area contributed by atoms with Gasteiger partial charge in [-0.3, -0.25) is 0 Å². The quantitative estimate of drug-likeness (QED) is 0.571. The molecular weight excluding hydrogens is 356 g/mol. The molecule has 1 spiro atoms. The number of ether oxygens (including phenoxy) is 4. The maximum atomic E-state index is 11.2. The topological polar surface area (TPSA) is 63.8 Å². The molecule has 1 aliphatic carbocycles. The Bertz CT molecular complexity index is 719. The Balaban J connectivity index is 1.41. The van der Waals surface area contributed by atoms with Gasteiger partial charge < -0.3 is 24.1 Å². The minimum absolute atomic E-state index is 0.0508. The molecule has 4 rings (SSSR count). The van der Waals surface area contributed by atoms with E-state index >= 15 is 0 Å². The highest BCUT2D eigenvalue weighted by Gasteiger charge is 2.71. The number of hydrogen-bond acceptors (Lipinski definition) is 5. The molecule has 6 atom stereocenters. The summed E-state index contributed by atoms with van der Waals surface area (Å²) >= 11 is 0. The number of aliphatic hydroxyl groups excluding tert-OH is 1. The van der Waals surface area contributed by atoms with E-state index in [9.17, 15) is 5.11 Å². The van der Waals surface area contributed by atoms with Crippen molar-refractivity contribution in [3.8, 4) is 5.75 Å². The van der Waals surface area contributed by atoms with E-state index in [2.05, 4.69) is 26.8 Å². The van der Waals surface area contributed by atoms with Crippen molar-refractivity contribution in [3.05, 3.63) is 41.5 Å². The molecule has 2 heterocycles. The summed E-state index contributed by atoms with van der Waals surface area (Å²) in [6.07, 6.45) is 4.17. The van der Waals surface area contributed by atoms with Gasteiger partial charge in [-0.15, -0.1) is 0 Å². The third-order valence-electron chi connectivity index (χ3n) is 6.62. The Hall–Kier alpha value is -1.40. The second-order valence-electron chi connectivity index (χ2n) is 8.87. The summed E-state index contributed by atoms with van der Waals surface area (Å²) in [6.45, 7) is 7.52. The summed E-state index contributed by atoms with van der Waals surface area (Å²) in [5, 5.41) is 11.2. The van der Waals surface area contributed by atoms with Crippen LogP contribution >= 0.6 is 0 Å². The zero-order chi connectivity index (χ0) is 19.9. The molecule has 0 radical (unpaired) electrons. The molecule has 3 fully saturated rings. The fourth-order valence-electron chi connectivity index (χ4n) is 4.79. The van der Waals surface area contributed by atoms with Gasteiger partial charge in [-0.05, 0) is 57.7 Å². The van der Waals surface area contributed by atoms with Crippen LogP contribution in [0.1, 0.15) is 45.6 Å². The Labute approximate surface area is 167 Å². The summed E-state index contributed by atoms with van der Waals surface area (Å²) in [6, 6.07) is 7.85. The van der Waals surface area contributed by atoms with Crippen molar-refractivity contribution in [3.63, 3.8) is 0 Å². The zero-order valence-corrected chi connectivity index (χ0v) is 17.3. The minimum atomic E-state index is -0.587. The van der Waals surface area contributed by atoms with Crippen LogP contribution in [-0.2, 0) is 20.8 Å². The van der Waals surface area contributed by atoms with Crippen molar-refractivity contribution in [2.75, 3.05) is 13.7 Å². The number of rotatable bonds is 7. The van der Waals surface area contributed by atoms with Crippen LogP contribution in [0.15, 0.2) is 35.9 Å². The minimum Gasteiger partial charge on any atom is -0.497 e. The van der Waals surface area contributed by atoms with E-state index in [1.54, 1.807) is 7.11 Å². The highest BCUT2D eigenvalue weighted by Crippen LogP contribution is 2.59. The van der Waals surface area contributed by atoms with Gasteiger partial charge in [0.1, 0.15) is 11.4 Å². The smallest absolute Gasteiger partial charge is 0.118 e. The largest absolute Gasteiger partial charge is 0.497 e. The molecule has 2 unspecified atom stereocenters. The van der Waals surface area contributed by atoms with Crippen molar-refractivity contribution in [2.24, 2.45) is 5.92 Å². The summed E-state index contributed by atoms with van der Waals surface area (Å²) in [5.74, 6) is 0.778. The van der Waals surface area contributed by atoms with Gasteiger partial charge in [0, 0.05) is 0 Å². The van der Waals surface area contributed by atoms with Crippen LogP contribution in [0.25, 0.3) is 0 Å². The monoisotopic (exact) mass is 388 g/mol.